The van der Waals surface area contributed by atoms with Crippen LogP contribution in [0.1, 0.15) is 38.3 Å². The quantitative estimate of drug-likeness (QED) is 0.279. The van der Waals surface area contributed by atoms with E-state index in [1.807, 2.05) is 44.2 Å². The van der Waals surface area contributed by atoms with Gasteiger partial charge in [0.2, 0.25) is 21.8 Å². The van der Waals surface area contributed by atoms with Gasteiger partial charge in [-0.05, 0) is 55.7 Å². The Morgan fingerprint density at radius 1 is 0.927 bits per heavy atom. The first-order valence-electron chi connectivity index (χ1n) is 13.6. The van der Waals surface area contributed by atoms with Crippen LogP contribution in [0.4, 0.5) is 5.69 Å². The van der Waals surface area contributed by atoms with E-state index in [-0.39, 0.29) is 30.6 Å². The molecule has 0 aromatic heterocycles. The summed E-state index contributed by atoms with van der Waals surface area (Å²) in [6, 6.07) is 22.1. The number of carbonyl (C=O) groups is 2. The first-order chi connectivity index (χ1) is 19.5. The normalized spacial score (nSPS) is 12.7. The summed E-state index contributed by atoms with van der Waals surface area (Å²) < 4.78 is 32.8. The lowest BCUT2D eigenvalue weighted by atomic mass is 10.0. The van der Waals surface area contributed by atoms with Gasteiger partial charge in [-0.15, -0.1) is 0 Å². The Bertz CT molecular complexity index is 1400. The van der Waals surface area contributed by atoms with Crippen LogP contribution in [-0.2, 0) is 32.6 Å². The molecule has 0 aliphatic heterocycles. The number of carbonyl (C=O) groups excluding carboxylic acids is 2. The number of halogens is 1. The van der Waals surface area contributed by atoms with Crippen LogP contribution in [0.3, 0.4) is 0 Å². The first-order valence-corrected chi connectivity index (χ1v) is 15.8. The average molecular weight is 600 g/mol. The van der Waals surface area contributed by atoms with Crippen LogP contribution < -0.4 is 14.4 Å². The minimum atomic E-state index is -3.91. The molecular formula is C31H38ClN3O5S. The molecule has 0 saturated heterocycles. The van der Waals surface area contributed by atoms with Gasteiger partial charge in [0.15, 0.2) is 0 Å². The third-order valence-corrected chi connectivity index (χ3v) is 8.03. The number of anilines is 1. The van der Waals surface area contributed by atoms with Gasteiger partial charge >= 0.3 is 0 Å². The first kappa shape index (κ1) is 32.0. The van der Waals surface area contributed by atoms with Gasteiger partial charge in [-0.3, -0.25) is 13.9 Å². The highest BCUT2D eigenvalue weighted by Crippen LogP contribution is 2.30. The van der Waals surface area contributed by atoms with Crippen molar-refractivity contribution in [1.82, 2.24) is 10.2 Å². The van der Waals surface area contributed by atoms with E-state index in [9.17, 15) is 18.0 Å². The summed E-state index contributed by atoms with van der Waals surface area (Å²) in [6.07, 6.45) is 2.01. The van der Waals surface area contributed by atoms with Gasteiger partial charge in [-0.25, -0.2) is 8.42 Å². The summed E-state index contributed by atoms with van der Waals surface area (Å²) in [5.41, 5.74) is 1.87. The van der Waals surface area contributed by atoms with Gasteiger partial charge in [0.05, 0.1) is 18.6 Å². The molecule has 220 valence electrons. The predicted octanol–water partition coefficient (Wildman–Crippen LogP) is 5.06. The number of benzene rings is 3. The summed E-state index contributed by atoms with van der Waals surface area (Å²) in [7, 11) is -3.91. The molecule has 10 heteroatoms. The van der Waals surface area contributed by atoms with Crippen molar-refractivity contribution in [3.63, 3.8) is 0 Å². The number of hydrogen-bond donors (Lipinski definition) is 1. The zero-order valence-corrected chi connectivity index (χ0v) is 25.5. The maximum Gasteiger partial charge on any atom is 0.244 e. The molecule has 3 rings (SSSR count). The number of para-hydroxylation sites is 2. The van der Waals surface area contributed by atoms with Crippen molar-refractivity contribution in [3.8, 4) is 5.75 Å². The molecule has 41 heavy (non-hydrogen) atoms. The van der Waals surface area contributed by atoms with E-state index in [1.165, 1.54) is 4.90 Å². The third-order valence-electron chi connectivity index (χ3n) is 6.65. The molecule has 0 radical (unpaired) electrons. The lowest BCUT2D eigenvalue weighted by molar-refractivity contribution is -0.140. The van der Waals surface area contributed by atoms with E-state index in [0.717, 1.165) is 21.7 Å². The second-order valence-corrected chi connectivity index (χ2v) is 12.2. The van der Waals surface area contributed by atoms with Crippen LogP contribution in [0.5, 0.6) is 5.75 Å². The van der Waals surface area contributed by atoms with Crippen LogP contribution >= 0.6 is 11.6 Å². The Morgan fingerprint density at radius 3 is 2.17 bits per heavy atom. The fraction of sp³-hybridized carbons (Fsp3) is 0.355. The highest BCUT2D eigenvalue weighted by Gasteiger charge is 2.34. The Kier molecular flexibility index (Phi) is 11.6. The Balaban J connectivity index is 2.08. The summed E-state index contributed by atoms with van der Waals surface area (Å²) in [5, 5.41) is 3.56. The number of ether oxygens (including phenoxy) is 1. The highest BCUT2D eigenvalue weighted by molar-refractivity contribution is 7.92. The molecule has 3 aromatic carbocycles. The van der Waals surface area contributed by atoms with Crippen molar-refractivity contribution in [2.24, 2.45) is 0 Å². The number of nitrogens with one attached hydrogen (secondary N) is 1. The molecule has 1 N–H and O–H groups in total. The Hall–Kier alpha value is -3.56. The average Bonchev–Trinajstić information content (AvgIpc) is 2.95. The zero-order chi connectivity index (χ0) is 30.0. The van der Waals surface area contributed by atoms with E-state index in [0.29, 0.717) is 23.8 Å². The monoisotopic (exact) mass is 599 g/mol. The lowest BCUT2D eigenvalue weighted by Crippen LogP contribution is -2.54. The van der Waals surface area contributed by atoms with Crippen LogP contribution in [0, 0.1) is 0 Å². The fourth-order valence-electron chi connectivity index (χ4n) is 4.32. The third kappa shape index (κ3) is 9.23. The van der Waals surface area contributed by atoms with Crippen molar-refractivity contribution in [2.45, 2.75) is 52.2 Å². The summed E-state index contributed by atoms with van der Waals surface area (Å²) in [6.45, 7) is 5.54. The molecule has 0 bridgehead atoms. The number of rotatable bonds is 14. The van der Waals surface area contributed by atoms with Crippen molar-refractivity contribution < 1.29 is 22.7 Å². The molecule has 2 atom stereocenters. The van der Waals surface area contributed by atoms with Crippen molar-refractivity contribution >= 4 is 39.1 Å². The highest BCUT2D eigenvalue weighted by atomic mass is 35.5. The minimum absolute atomic E-state index is 0.0755. The second kappa shape index (κ2) is 14.9. The Labute approximate surface area is 248 Å². The summed E-state index contributed by atoms with van der Waals surface area (Å²) in [5.74, 6) is -0.504. The summed E-state index contributed by atoms with van der Waals surface area (Å²) in [4.78, 5) is 29.4. The van der Waals surface area contributed by atoms with Crippen molar-refractivity contribution in [3.05, 3.63) is 95.0 Å². The SMILES string of the molecule is CCOc1ccccc1N(CC(=O)N(Cc1ccc(Cl)cc1)[C@H](Cc1ccccc1)C(=O)N[C@@H](C)CC)S(C)(=O)=O. The van der Waals surface area contributed by atoms with Gasteiger partial charge in [0.25, 0.3) is 0 Å². The molecule has 0 fully saturated rings. The van der Waals surface area contributed by atoms with Crippen LogP contribution in [0.25, 0.3) is 0 Å². The minimum Gasteiger partial charge on any atom is -0.492 e. The van der Waals surface area contributed by atoms with Crippen LogP contribution in [-0.4, -0.2) is 56.6 Å². The van der Waals surface area contributed by atoms with E-state index in [2.05, 4.69) is 5.32 Å². The smallest absolute Gasteiger partial charge is 0.244 e. The van der Waals surface area contributed by atoms with Crippen molar-refractivity contribution in [1.29, 1.82) is 0 Å². The van der Waals surface area contributed by atoms with Gasteiger partial charge in [-0.1, -0.05) is 73.1 Å². The van der Waals surface area contributed by atoms with Gasteiger partial charge < -0.3 is 15.0 Å². The largest absolute Gasteiger partial charge is 0.492 e. The maximum atomic E-state index is 14.2. The molecule has 0 unspecified atom stereocenters. The van der Waals surface area contributed by atoms with E-state index < -0.39 is 28.5 Å². The molecule has 0 spiro atoms. The van der Waals surface area contributed by atoms with E-state index in [4.69, 9.17) is 16.3 Å². The van der Waals surface area contributed by atoms with Crippen LogP contribution in [0.2, 0.25) is 5.02 Å². The van der Waals surface area contributed by atoms with Crippen molar-refractivity contribution in [2.75, 3.05) is 23.7 Å². The Morgan fingerprint density at radius 2 is 1.56 bits per heavy atom. The standard InChI is InChI=1S/C31H38ClN3O5S/c1-5-23(3)33-31(37)28(20-24-12-8-7-9-13-24)34(21-25-16-18-26(32)19-17-25)30(36)22-35(41(4,38)39)27-14-10-11-15-29(27)40-6-2/h7-19,23,28H,5-6,20-22H2,1-4H3,(H,33,37)/t23-,28+/m0/s1. The zero-order valence-electron chi connectivity index (χ0n) is 23.9. The molecule has 0 aliphatic rings. The molecule has 2 amide bonds. The molecule has 0 saturated carbocycles. The topological polar surface area (TPSA) is 96.0 Å². The maximum absolute atomic E-state index is 14.2. The van der Waals surface area contributed by atoms with Gasteiger partial charge in [-0.2, -0.15) is 0 Å². The predicted molar refractivity (Wildman–Crippen MR) is 164 cm³/mol. The van der Waals surface area contributed by atoms with Gasteiger partial charge in [0, 0.05) is 24.0 Å². The lowest BCUT2D eigenvalue weighted by Gasteiger charge is -2.34. The number of sulfonamides is 1. The number of nitrogens with zero attached hydrogens (tertiary/aromatic N) is 2. The summed E-state index contributed by atoms with van der Waals surface area (Å²) >= 11 is 6.10. The molecule has 8 nitrogen and oxygen atoms in total. The van der Waals surface area contributed by atoms with Crippen LogP contribution in [0.15, 0.2) is 78.9 Å². The molecular weight excluding hydrogens is 562 g/mol. The van der Waals surface area contributed by atoms with E-state index in [1.54, 1.807) is 55.5 Å². The second-order valence-electron chi connectivity index (χ2n) is 9.84. The molecule has 3 aromatic rings. The molecule has 0 aliphatic carbocycles. The number of amides is 2. The van der Waals surface area contributed by atoms with E-state index >= 15 is 0 Å². The van der Waals surface area contributed by atoms with Gasteiger partial charge in [0.1, 0.15) is 18.3 Å². The molecule has 0 heterocycles. The number of hydrogen-bond acceptors (Lipinski definition) is 5. The fourth-order valence-corrected chi connectivity index (χ4v) is 5.30.